The summed E-state index contributed by atoms with van der Waals surface area (Å²) in [6, 6.07) is 10.9. The number of hydrogen-bond acceptors (Lipinski definition) is 29. The number of nitrogens with two attached hydrogens (primary N) is 3. The third-order valence-electron chi connectivity index (χ3n) is 20.5. The van der Waals surface area contributed by atoms with E-state index >= 15 is 24.0 Å². The number of carboxylic acids is 1. The van der Waals surface area contributed by atoms with E-state index in [-0.39, 0.29) is 57.4 Å². The molecule has 7 aromatic rings. The highest BCUT2D eigenvalue weighted by atomic mass is 35.5. The number of benzene rings is 7. The Kier molecular flexibility index (Phi) is 24.7. The minimum Gasteiger partial charge on any atom is -0.508 e. The molecule has 0 radical (unpaired) electrons. The number of nitrogens with one attached hydrogen (secondary N) is 6. The molecular weight excluding hydrogens is 1550 g/mol. The molecule has 0 aromatic heterocycles. The molecule has 22 atom stereocenters. The molecule has 15 rings (SSSR count). The summed E-state index contributed by atoms with van der Waals surface area (Å²) >= 11 is 13.6. The Morgan fingerprint density at radius 1 is 0.617 bits per heavy atom. The number of carboxylic acid groups (broad SMARTS) is 1. The first kappa shape index (κ1) is 82.4. The van der Waals surface area contributed by atoms with Crippen LogP contribution in [0.4, 0.5) is 0 Å². The van der Waals surface area contributed by atoms with Crippen LogP contribution in [-0.2, 0) is 68.4 Å². The van der Waals surface area contributed by atoms with Gasteiger partial charge in [0.25, 0.3) is 0 Å². The van der Waals surface area contributed by atoms with Crippen LogP contribution in [0.3, 0.4) is 0 Å². The monoisotopic (exact) mass is 1630 g/mol. The van der Waals surface area contributed by atoms with Crippen molar-refractivity contribution in [2.24, 2.45) is 17.2 Å². The van der Waals surface area contributed by atoms with Crippen LogP contribution in [0.2, 0.25) is 10.0 Å². The van der Waals surface area contributed by atoms with Gasteiger partial charge in [-0.25, -0.2) is 4.79 Å². The lowest BCUT2D eigenvalue weighted by Gasteiger charge is -2.44. The van der Waals surface area contributed by atoms with Crippen molar-refractivity contribution in [2.45, 2.75) is 161 Å². The molecule has 38 heteroatoms. The van der Waals surface area contributed by atoms with Crippen LogP contribution < -0.4 is 63.3 Å². The van der Waals surface area contributed by atoms with Gasteiger partial charge in [-0.1, -0.05) is 83.9 Å². The molecule has 23 N–H and O–H groups in total. The zero-order valence-corrected chi connectivity index (χ0v) is 62.2. The highest BCUT2D eigenvalue weighted by Crippen LogP contribution is 2.50. The lowest BCUT2D eigenvalue weighted by atomic mass is 9.89. The van der Waals surface area contributed by atoms with E-state index < -0.39 is 251 Å². The molecule has 6 amide bonds. The number of aromatic hydroxyl groups is 4. The smallest absolute Gasteiger partial charge is 0.330 e. The SMILES string of the molecule is COC1C(N)CC(OC2c3ccc(c(Cl)c3)Oc3cc4cc(c3OC3OC(CO)C(O)C(O)C3OC3CC(N)C(O)C(O)O3)Oc3ccc(cc3)C(O)C(NC(=O)C(N)c3ccc(O)c(Cl)c3)C(=O)NC(Cc3ccccc3)C(=O)NC4C(=O)NC3C(=O)NC2C(=O)NC(C(=O)O)c2cc(O)cc(O)c2-c2cc3ccc2O)OC1C. The topological polar surface area (TPSA) is 575 Å². The molecule has 7 aromatic carbocycles. The molecule has 0 saturated carbocycles. The fourth-order valence-electron chi connectivity index (χ4n) is 14.5. The van der Waals surface area contributed by atoms with E-state index in [4.69, 9.17) is 83.0 Å². The van der Waals surface area contributed by atoms with Crippen LogP contribution in [-0.4, -0.2) is 209 Å². The molecule has 36 nitrogen and oxygen atoms in total. The van der Waals surface area contributed by atoms with Gasteiger partial charge < -0.3 is 148 Å². The minimum absolute atomic E-state index is 0.0397. The number of phenolic OH excluding ortho intramolecular Hbond substituents is 4. The molecule has 0 spiro atoms. The predicted octanol–water partition coefficient (Wildman–Crippen LogP) is 1.29. The largest absolute Gasteiger partial charge is 0.508 e. The van der Waals surface area contributed by atoms with Gasteiger partial charge in [-0.2, -0.15) is 0 Å². The van der Waals surface area contributed by atoms with Crippen molar-refractivity contribution in [3.63, 3.8) is 0 Å². The van der Waals surface area contributed by atoms with E-state index in [1.165, 1.54) is 61.7 Å². The number of phenols is 4. The van der Waals surface area contributed by atoms with Crippen LogP contribution in [0.5, 0.6) is 51.7 Å². The van der Waals surface area contributed by atoms with Crippen molar-refractivity contribution in [1.82, 2.24) is 31.9 Å². The Bertz CT molecular complexity index is 4820. The van der Waals surface area contributed by atoms with E-state index in [0.29, 0.717) is 5.56 Å². The maximum Gasteiger partial charge on any atom is 0.330 e. The van der Waals surface area contributed by atoms with Gasteiger partial charge in [-0.3, -0.25) is 28.8 Å². The van der Waals surface area contributed by atoms with E-state index in [9.17, 15) is 65.8 Å². The molecule has 3 saturated heterocycles. The second kappa shape index (κ2) is 34.5. The molecule has 8 aliphatic rings. The van der Waals surface area contributed by atoms with Crippen molar-refractivity contribution in [1.29, 1.82) is 0 Å². The van der Waals surface area contributed by atoms with E-state index in [1.54, 1.807) is 37.3 Å². The highest BCUT2D eigenvalue weighted by Gasteiger charge is 2.51. The quantitative estimate of drug-likeness (QED) is 0.0729. The van der Waals surface area contributed by atoms with E-state index in [2.05, 4.69) is 31.9 Å². The zero-order chi connectivity index (χ0) is 82.3. The number of methoxy groups -OCH3 is 1. The van der Waals surface area contributed by atoms with Crippen LogP contribution in [0, 0.1) is 0 Å². The van der Waals surface area contributed by atoms with Gasteiger partial charge in [-0.05, 0) is 107 Å². The second-order valence-electron chi connectivity index (χ2n) is 28.2. The van der Waals surface area contributed by atoms with Crippen molar-refractivity contribution >= 4 is 64.6 Å². The molecule has 8 aliphatic heterocycles. The summed E-state index contributed by atoms with van der Waals surface area (Å²) in [5.74, 6) is -14.5. The summed E-state index contributed by atoms with van der Waals surface area (Å²) in [5, 5.41) is 139. The van der Waals surface area contributed by atoms with Crippen molar-refractivity contribution in [3.05, 3.63) is 182 Å². The standard InChI is InChI=1S/C77H81Cl2N9O27/c1-29-65(107-2)43(81)27-52(108-29)112-66-34-12-17-48(41(79)21-34)110-50-23-35-22-49(67(50)115-77-68(64(97)63(96)51(28-89)111-77)113-53-26-42(80)62(95)76(106)114-53)109-37-13-8-31(9-14-37)61(94)59(87-70(99)55(82)32-10-16-46(92)40(78)20-32)73(102)83-44(18-30-6-4-3-5-7-30)69(98)84-57(35)72(101)85-56-33-11-15-45(91)38(19-33)54-39(24-36(90)25-47(54)93)58(75(104)105)86-74(103)60(66)88-71(56)100/h3-17,19-25,29,42-44,51-53,55-66,68,76-77,89-97,106H,18,26-28,80-82H2,1-2H3,(H,83,102)(H,84,98)(H,85,101)(H,86,103)(H,87,99)(H,88,100)(H,104,105). The summed E-state index contributed by atoms with van der Waals surface area (Å²) < 4.78 is 56.9. The third-order valence-corrected chi connectivity index (χ3v) is 21.1. The molecule has 11 bridgehead atoms. The number of amides is 6. The number of carbonyl (C=O) groups excluding carboxylic acids is 6. The van der Waals surface area contributed by atoms with Gasteiger partial charge in [0.1, 0.15) is 107 Å². The maximum atomic E-state index is 16.6. The van der Waals surface area contributed by atoms with Crippen molar-refractivity contribution < 1.29 is 132 Å². The molecule has 22 unspecified atom stereocenters. The van der Waals surface area contributed by atoms with Crippen LogP contribution in [0.15, 0.2) is 133 Å². The van der Waals surface area contributed by atoms with Crippen LogP contribution in [0.1, 0.15) is 95.1 Å². The summed E-state index contributed by atoms with van der Waals surface area (Å²) in [6.45, 7) is 0.617. The number of rotatable bonds is 14. The van der Waals surface area contributed by atoms with Crippen molar-refractivity contribution in [3.8, 4) is 62.9 Å². The average Bonchev–Trinajstić information content (AvgIpc) is 0.763. The number of hydrogen-bond donors (Lipinski definition) is 20. The third kappa shape index (κ3) is 17.5. The number of aliphatic hydroxyl groups is 6. The second-order valence-corrected chi connectivity index (χ2v) is 29.0. The summed E-state index contributed by atoms with van der Waals surface area (Å²) in [7, 11) is 1.40. The summed E-state index contributed by atoms with van der Waals surface area (Å²) in [5.41, 5.74) is 17.2. The molecule has 0 aliphatic carbocycles. The van der Waals surface area contributed by atoms with Crippen LogP contribution >= 0.6 is 23.2 Å². The Hall–Kier alpha value is -10.6. The first-order chi connectivity index (χ1) is 54.8. The van der Waals surface area contributed by atoms with Gasteiger partial charge in [0.2, 0.25) is 47.5 Å². The van der Waals surface area contributed by atoms with Gasteiger partial charge in [0.05, 0.1) is 28.9 Å². The number of ether oxygens (including phenoxy) is 9. The van der Waals surface area contributed by atoms with Gasteiger partial charge in [0, 0.05) is 61.2 Å². The Balaban J connectivity index is 1.05. The van der Waals surface area contributed by atoms with Gasteiger partial charge in [0.15, 0.2) is 42.5 Å². The summed E-state index contributed by atoms with van der Waals surface area (Å²) in [4.78, 5) is 108. The Labute approximate surface area is 662 Å². The van der Waals surface area contributed by atoms with Gasteiger partial charge >= 0.3 is 5.97 Å². The minimum atomic E-state index is -2.29. The van der Waals surface area contributed by atoms with Crippen molar-refractivity contribution in [2.75, 3.05) is 13.7 Å². The first-order valence-electron chi connectivity index (χ1n) is 36.0. The maximum absolute atomic E-state index is 16.6. The molecule has 8 heterocycles. The zero-order valence-electron chi connectivity index (χ0n) is 60.7. The average molecular weight is 1640 g/mol. The predicted molar refractivity (Wildman–Crippen MR) is 397 cm³/mol. The Morgan fingerprint density at radius 2 is 1.28 bits per heavy atom. The first-order valence-corrected chi connectivity index (χ1v) is 36.7. The highest BCUT2D eigenvalue weighted by molar-refractivity contribution is 6.32. The lowest BCUT2D eigenvalue weighted by Crippen LogP contribution is -2.63. The number of carbonyl (C=O) groups is 7. The number of aliphatic hydroxyl groups excluding tert-OH is 6. The molecule has 115 heavy (non-hydrogen) atoms. The Morgan fingerprint density at radius 3 is 1.96 bits per heavy atom. The van der Waals surface area contributed by atoms with E-state index in [1.807, 2.05) is 0 Å². The van der Waals surface area contributed by atoms with E-state index in [0.717, 1.165) is 48.5 Å². The molecule has 3 fully saturated rings. The normalized spacial score (nSPS) is 30.0. The lowest BCUT2D eigenvalue weighted by molar-refractivity contribution is -0.348. The molecule has 610 valence electrons. The fraction of sp³-hybridized carbons (Fsp3) is 0.364. The summed E-state index contributed by atoms with van der Waals surface area (Å²) in [6.07, 6.45) is -22.9. The number of fused-ring (bicyclic) bond motifs is 15. The van der Waals surface area contributed by atoms with Gasteiger partial charge in [-0.15, -0.1) is 0 Å². The van der Waals surface area contributed by atoms with Crippen LogP contribution in [0.25, 0.3) is 11.1 Å². The number of aliphatic carboxylic acids is 1. The fourth-order valence-corrected chi connectivity index (χ4v) is 14.9. The number of halogens is 2. The molecular formula is C77H81Cl2N9O27.